The van der Waals surface area contributed by atoms with Crippen LogP contribution in [0.3, 0.4) is 0 Å². The molecule has 0 spiro atoms. The summed E-state index contributed by atoms with van der Waals surface area (Å²) in [6.45, 7) is 0. The summed E-state index contributed by atoms with van der Waals surface area (Å²) in [5.74, 6) is 7.68. The van der Waals surface area contributed by atoms with Gasteiger partial charge in [0.05, 0.1) is 0 Å². The smallest absolute Gasteiger partial charge is 0.246 e. The fourth-order valence-corrected chi connectivity index (χ4v) is 1.28. The number of nitrogens with two attached hydrogens (primary N) is 2. The Kier molecular flexibility index (Phi) is 5.17. The van der Waals surface area contributed by atoms with E-state index in [1.165, 1.54) is 0 Å². The maximum Gasteiger partial charge on any atom is 0.246 e. The third kappa shape index (κ3) is 4.77. The van der Waals surface area contributed by atoms with Gasteiger partial charge in [-0.15, -0.1) is 0 Å². The highest BCUT2D eigenvalue weighted by molar-refractivity contribution is 7.86. The maximum atomic E-state index is 10.9. The lowest BCUT2D eigenvalue weighted by Crippen LogP contribution is -2.38. The number of amides is 2. The molecule has 0 heterocycles. The monoisotopic (exact) mass is 194 g/mol. The molecule has 0 radical (unpaired) electrons. The second-order valence-corrected chi connectivity index (χ2v) is 3.32. The number of rotatable bonds is 4. The van der Waals surface area contributed by atoms with Crippen LogP contribution in [-0.4, -0.2) is 27.5 Å². The number of hydrogen-bond acceptors (Lipinski definition) is 5. The summed E-state index contributed by atoms with van der Waals surface area (Å²) in [6.07, 6.45) is 0. The largest absolute Gasteiger partial charge is 0.293 e. The van der Waals surface area contributed by atoms with Crippen molar-refractivity contribution < 1.29 is 13.8 Å². The van der Waals surface area contributed by atoms with Crippen molar-refractivity contribution in [3.63, 3.8) is 0 Å². The van der Waals surface area contributed by atoms with Gasteiger partial charge in [0.15, 0.2) is 0 Å². The Bertz CT molecular complexity index is 186. The van der Waals surface area contributed by atoms with E-state index in [0.717, 1.165) is 0 Å². The summed E-state index contributed by atoms with van der Waals surface area (Å²) >= 11 is 0. The zero-order chi connectivity index (χ0) is 9.56. The lowest BCUT2D eigenvalue weighted by molar-refractivity contribution is -0.118. The molecule has 0 aliphatic rings. The van der Waals surface area contributed by atoms with Crippen LogP contribution in [0.15, 0.2) is 0 Å². The first-order valence-electron chi connectivity index (χ1n) is 2.94. The van der Waals surface area contributed by atoms with Crippen molar-refractivity contribution in [1.82, 2.24) is 10.9 Å². The van der Waals surface area contributed by atoms with E-state index in [0.29, 0.717) is 0 Å². The third-order valence-electron chi connectivity index (χ3n) is 0.906. The molecular weight excluding hydrogens is 184 g/mol. The summed E-state index contributed by atoms with van der Waals surface area (Å²) in [5, 5.41) is 0. The fraction of sp³-hybridized carbons (Fsp3) is 0.500. The molecule has 70 valence electrons. The van der Waals surface area contributed by atoms with Crippen LogP contribution >= 0.6 is 0 Å². The Hall–Kier alpha value is -0.990. The van der Waals surface area contributed by atoms with Gasteiger partial charge in [-0.25, -0.2) is 11.7 Å². The minimum atomic E-state index is -1.56. The fourth-order valence-electron chi connectivity index (χ4n) is 0.427. The summed E-state index contributed by atoms with van der Waals surface area (Å²) in [6, 6.07) is 0. The van der Waals surface area contributed by atoms with Crippen molar-refractivity contribution in [2.45, 2.75) is 0 Å². The van der Waals surface area contributed by atoms with Crippen molar-refractivity contribution in [2.24, 2.45) is 11.7 Å². The molecular formula is C4H10N4O3S. The molecule has 0 unspecified atom stereocenters. The summed E-state index contributed by atoms with van der Waals surface area (Å²) < 4.78 is 10.9. The molecule has 0 rings (SSSR count). The molecule has 0 aromatic heterocycles. The lowest BCUT2D eigenvalue weighted by Gasteiger charge is -1.99. The van der Waals surface area contributed by atoms with Crippen LogP contribution in [0.2, 0.25) is 0 Å². The van der Waals surface area contributed by atoms with Crippen LogP contribution in [0.5, 0.6) is 0 Å². The van der Waals surface area contributed by atoms with Gasteiger partial charge in [0, 0.05) is 10.8 Å². The molecule has 0 aromatic rings. The van der Waals surface area contributed by atoms with E-state index in [4.69, 9.17) is 11.7 Å². The molecule has 0 aromatic carbocycles. The molecule has 6 N–H and O–H groups in total. The molecule has 0 aliphatic carbocycles. The minimum absolute atomic E-state index is 0.302. The van der Waals surface area contributed by atoms with Crippen molar-refractivity contribution in [3.05, 3.63) is 0 Å². The van der Waals surface area contributed by atoms with Gasteiger partial charge in [0.25, 0.3) is 0 Å². The number of hydrazine groups is 2. The highest BCUT2D eigenvalue weighted by Gasteiger charge is 2.09. The van der Waals surface area contributed by atoms with Crippen LogP contribution in [0.25, 0.3) is 0 Å². The molecule has 7 nitrogen and oxygen atoms in total. The maximum absolute atomic E-state index is 10.9. The van der Waals surface area contributed by atoms with E-state index >= 15 is 0 Å². The first-order chi connectivity index (χ1) is 5.60. The molecule has 12 heavy (non-hydrogen) atoms. The number of hydrogen-bond donors (Lipinski definition) is 4. The minimum Gasteiger partial charge on any atom is -0.293 e. The van der Waals surface area contributed by atoms with E-state index in [9.17, 15) is 13.8 Å². The van der Waals surface area contributed by atoms with Gasteiger partial charge >= 0.3 is 0 Å². The van der Waals surface area contributed by atoms with Crippen LogP contribution in [0, 0.1) is 0 Å². The van der Waals surface area contributed by atoms with E-state index in [1.807, 2.05) is 0 Å². The van der Waals surface area contributed by atoms with Crippen molar-refractivity contribution in [3.8, 4) is 0 Å². The standard InChI is InChI=1S/C4H10N4O3S/c5-7-3(9)1-12(11)2-4(10)8-6/h1-2,5-6H2,(H,7,9)(H,8,10). The second-order valence-electron chi connectivity index (χ2n) is 1.86. The SMILES string of the molecule is NNC(=O)CS(=O)CC(=O)NN. The van der Waals surface area contributed by atoms with Crippen LogP contribution in [-0.2, 0) is 20.4 Å². The average molecular weight is 194 g/mol. The lowest BCUT2D eigenvalue weighted by atomic mass is 10.7. The molecule has 8 heteroatoms. The molecule has 0 aliphatic heterocycles. The van der Waals surface area contributed by atoms with Gasteiger partial charge < -0.3 is 0 Å². The number of nitrogens with one attached hydrogen (secondary N) is 2. The van der Waals surface area contributed by atoms with Crippen LogP contribution in [0.1, 0.15) is 0 Å². The number of carbonyl (C=O) groups excluding carboxylic acids is 2. The van der Waals surface area contributed by atoms with Crippen LogP contribution < -0.4 is 22.5 Å². The predicted molar refractivity (Wildman–Crippen MR) is 42.5 cm³/mol. The Labute approximate surface area is 71.3 Å². The zero-order valence-electron chi connectivity index (χ0n) is 6.20. The molecule has 0 bridgehead atoms. The van der Waals surface area contributed by atoms with Gasteiger partial charge in [-0.2, -0.15) is 0 Å². The molecule has 0 fully saturated rings. The normalized spacial score (nSPS) is 9.58. The van der Waals surface area contributed by atoms with E-state index in [2.05, 4.69) is 0 Å². The average Bonchev–Trinajstić information content (AvgIpc) is 2.03. The van der Waals surface area contributed by atoms with Crippen LogP contribution in [0.4, 0.5) is 0 Å². The topological polar surface area (TPSA) is 127 Å². The first-order valence-corrected chi connectivity index (χ1v) is 4.42. The first kappa shape index (κ1) is 11.0. The van der Waals surface area contributed by atoms with E-state index in [-0.39, 0.29) is 11.5 Å². The van der Waals surface area contributed by atoms with Gasteiger partial charge in [-0.1, -0.05) is 0 Å². The van der Waals surface area contributed by atoms with Gasteiger partial charge in [0.1, 0.15) is 11.5 Å². The van der Waals surface area contributed by atoms with Crippen molar-refractivity contribution >= 4 is 22.6 Å². The molecule has 0 atom stereocenters. The summed E-state index contributed by atoms with van der Waals surface area (Å²) in [5.41, 5.74) is 3.58. The number of carbonyl (C=O) groups is 2. The van der Waals surface area contributed by atoms with E-state index in [1.54, 1.807) is 10.9 Å². The summed E-state index contributed by atoms with van der Waals surface area (Å²) in [4.78, 5) is 21.0. The second kappa shape index (κ2) is 5.63. The molecule has 0 saturated heterocycles. The Morgan fingerprint density at radius 3 is 1.67 bits per heavy atom. The Balaban J connectivity index is 3.74. The highest BCUT2D eigenvalue weighted by Crippen LogP contribution is 1.81. The molecule has 2 amide bonds. The van der Waals surface area contributed by atoms with E-state index < -0.39 is 22.6 Å². The van der Waals surface area contributed by atoms with Crippen molar-refractivity contribution in [2.75, 3.05) is 11.5 Å². The summed E-state index contributed by atoms with van der Waals surface area (Å²) in [7, 11) is -1.56. The van der Waals surface area contributed by atoms with Gasteiger partial charge in [0.2, 0.25) is 11.8 Å². The Morgan fingerprint density at radius 1 is 1.08 bits per heavy atom. The predicted octanol–water partition coefficient (Wildman–Crippen LogP) is -3.29. The molecule has 0 saturated carbocycles. The van der Waals surface area contributed by atoms with Gasteiger partial charge in [-0.3, -0.25) is 24.6 Å². The highest BCUT2D eigenvalue weighted by atomic mass is 32.2. The zero-order valence-corrected chi connectivity index (χ0v) is 7.02. The van der Waals surface area contributed by atoms with Crippen molar-refractivity contribution in [1.29, 1.82) is 0 Å². The third-order valence-corrected chi connectivity index (χ3v) is 2.07. The van der Waals surface area contributed by atoms with Gasteiger partial charge in [-0.05, 0) is 0 Å². The quantitative estimate of drug-likeness (QED) is 0.212. The Morgan fingerprint density at radius 2 is 1.42 bits per heavy atom.